The van der Waals surface area contributed by atoms with Crippen molar-refractivity contribution in [3.63, 3.8) is 0 Å². The van der Waals surface area contributed by atoms with E-state index in [1.54, 1.807) is 6.20 Å². The second-order valence-corrected chi connectivity index (χ2v) is 7.03. The summed E-state index contributed by atoms with van der Waals surface area (Å²) >= 11 is 0. The Bertz CT molecular complexity index is 1200. The maximum Gasteiger partial charge on any atom is 0.332 e. The van der Waals surface area contributed by atoms with Crippen LogP contribution in [0.5, 0.6) is 5.75 Å². The molecule has 3 rings (SSSR count). The molecule has 0 atom stereocenters. The molecule has 0 saturated heterocycles. The highest BCUT2D eigenvalue weighted by molar-refractivity contribution is 5.91. The molecule has 152 valence electrons. The van der Waals surface area contributed by atoms with Gasteiger partial charge in [0.15, 0.2) is 5.65 Å². The number of hydrogen-bond donors (Lipinski definition) is 1. The lowest BCUT2D eigenvalue weighted by molar-refractivity contribution is -0.116. The zero-order chi connectivity index (χ0) is 21.3. The van der Waals surface area contributed by atoms with E-state index < -0.39 is 23.7 Å². The lowest BCUT2D eigenvalue weighted by Gasteiger charge is -2.14. The SMILES string of the molecule is CCc1cnc2c(c1OC)c(=O)n(CC(=O)Nc1cc(C)cc(C)c1)c(=O)n2C. The Balaban J connectivity index is 2.08. The standard InChI is InChI=1S/C21H24N4O4/c1-6-14-10-22-19-17(18(14)29-5)20(27)25(21(28)24(19)4)11-16(26)23-15-8-12(2)7-13(3)9-15/h7-10H,6,11H2,1-5H3,(H,23,26). The highest BCUT2D eigenvalue weighted by Crippen LogP contribution is 2.25. The Hall–Kier alpha value is -3.42. The minimum atomic E-state index is -0.614. The molecule has 0 saturated carbocycles. The van der Waals surface area contributed by atoms with Gasteiger partial charge in [-0.2, -0.15) is 0 Å². The number of carbonyl (C=O) groups is 1. The number of amides is 1. The molecule has 0 unspecified atom stereocenters. The molecule has 0 fully saturated rings. The third-order valence-corrected chi connectivity index (χ3v) is 4.77. The Morgan fingerprint density at radius 3 is 2.41 bits per heavy atom. The molecule has 0 spiro atoms. The van der Waals surface area contributed by atoms with Gasteiger partial charge in [-0.05, 0) is 43.5 Å². The number of nitrogens with zero attached hydrogens (tertiary/aromatic N) is 3. The minimum absolute atomic E-state index is 0.188. The molecule has 2 aromatic heterocycles. The number of methoxy groups -OCH3 is 1. The highest BCUT2D eigenvalue weighted by Gasteiger charge is 2.20. The molecule has 1 amide bonds. The first-order chi connectivity index (χ1) is 13.8. The molecule has 0 radical (unpaired) electrons. The smallest absolute Gasteiger partial charge is 0.332 e. The summed E-state index contributed by atoms with van der Waals surface area (Å²) in [4.78, 5) is 42.6. The number of fused-ring (bicyclic) bond motifs is 1. The molecule has 0 aliphatic carbocycles. The lowest BCUT2D eigenvalue weighted by atomic mass is 10.1. The second-order valence-electron chi connectivity index (χ2n) is 7.03. The van der Waals surface area contributed by atoms with Crippen LogP contribution in [0.4, 0.5) is 5.69 Å². The van der Waals surface area contributed by atoms with Crippen molar-refractivity contribution in [2.45, 2.75) is 33.7 Å². The number of nitrogens with one attached hydrogen (secondary N) is 1. The summed E-state index contributed by atoms with van der Waals surface area (Å²) in [6, 6.07) is 5.64. The van der Waals surface area contributed by atoms with E-state index in [9.17, 15) is 14.4 Å². The zero-order valence-electron chi connectivity index (χ0n) is 17.2. The van der Waals surface area contributed by atoms with Gasteiger partial charge in [0.2, 0.25) is 5.91 Å². The summed E-state index contributed by atoms with van der Waals surface area (Å²) < 4.78 is 7.60. The Morgan fingerprint density at radius 2 is 1.83 bits per heavy atom. The average molecular weight is 396 g/mol. The summed E-state index contributed by atoms with van der Waals surface area (Å²) in [5.74, 6) is -0.0892. The van der Waals surface area contributed by atoms with Gasteiger partial charge in [-0.1, -0.05) is 13.0 Å². The molecule has 0 bridgehead atoms. The minimum Gasteiger partial charge on any atom is -0.495 e. The lowest BCUT2D eigenvalue weighted by Crippen LogP contribution is -2.42. The fourth-order valence-corrected chi connectivity index (χ4v) is 3.48. The number of carbonyl (C=O) groups excluding carboxylic acids is 1. The molecular weight excluding hydrogens is 372 g/mol. The van der Waals surface area contributed by atoms with E-state index in [-0.39, 0.29) is 11.0 Å². The maximum absolute atomic E-state index is 13.1. The van der Waals surface area contributed by atoms with Gasteiger partial charge < -0.3 is 10.1 Å². The normalized spacial score (nSPS) is 10.9. The van der Waals surface area contributed by atoms with Crippen molar-refractivity contribution in [3.8, 4) is 5.75 Å². The number of aryl methyl sites for hydroxylation is 4. The van der Waals surface area contributed by atoms with E-state index in [0.717, 1.165) is 21.3 Å². The first kappa shape index (κ1) is 20.3. The molecule has 0 aliphatic heterocycles. The van der Waals surface area contributed by atoms with Crippen LogP contribution in [0.2, 0.25) is 0 Å². The monoisotopic (exact) mass is 396 g/mol. The topological polar surface area (TPSA) is 95.2 Å². The molecule has 3 aromatic rings. The molecule has 0 aliphatic rings. The van der Waals surface area contributed by atoms with Crippen LogP contribution in [0.1, 0.15) is 23.6 Å². The first-order valence-corrected chi connectivity index (χ1v) is 9.30. The van der Waals surface area contributed by atoms with Gasteiger partial charge in [-0.15, -0.1) is 0 Å². The van der Waals surface area contributed by atoms with Crippen LogP contribution in [-0.2, 0) is 24.8 Å². The van der Waals surface area contributed by atoms with Crippen LogP contribution in [0, 0.1) is 13.8 Å². The van der Waals surface area contributed by atoms with E-state index in [2.05, 4.69) is 10.3 Å². The van der Waals surface area contributed by atoms with Gasteiger partial charge in [-0.3, -0.25) is 14.2 Å². The van der Waals surface area contributed by atoms with Crippen LogP contribution >= 0.6 is 0 Å². The molecule has 8 heteroatoms. The van der Waals surface area contributed by atoms with Crippen molar-refractivity contribution < 1.29 is 9.53 Å². The average Bonchev–Trinajstić information content (AvgIpc) is 2.67. The summed E-state index contributed by atoms with van der Waals surface area (Å²) in [5.41, 5.74) is 2.38. The Labute approximate surface area is 167 Å². The maximum atomic E-state index is 13.1. The summed E-state index contributed by atoms with van der Waals surface area (Å²) in [7, 11) is 2.98. The van der Waals surface area contributed by atoms with Crippen molar-refractivity contribution in [1.82, 2.24) is 14.1 Å². The van der Waals surface area contributed by atoms with Crippen LogP contribution in [0.3, 0.4) is 0 Å². The number of aromatic nitrogens is 3. The van der Waals surface area contributed by atoms with Gasteiger partial charge in [-0.25, -0.2) is 14.3 Å². The number of anilines is 1. The van der Waals surface area contributed by atoms with Crippen molar-refractivity contribution in [2.24, 2.45) is 7.05 Å². The van der Waals surface area contributed by atoms with Crippen molar-refractivity contribution >= 4 is 22.6 Å². The van der Waals surface area contributed by atoms with Crippen LogP contribution in [-0.4, -0.2) is 27.1 Å². The fraction of sp³-hybridized carbons (Fsp3) is 0.333. The summed E-state index contributed by atoms with van der Waals surface area (Å²) in [6.07, 6.45) is 2.21. The van der Waals surface area contributed by atoms with Crippen LogP contribution in [0.15, 0.2) is 34.0 Å². The zero-order valence-corrected chi connectivity index (χ0v) is 17.2. The number of pyridine rings is 1. The number of rotatable bonds is 5. The molecule has 8 nitrogen and oxygen atoms in total. The number of hydrogen-bond acceptors (Lipinski definition) is 5. The first-order valence-electron chi connectivity index (χ1n) is 9.30. The predicted molar refractivity (Wildman–Crippen MR) is 112 cm³/mol. The van der Waals surface area contributed by atoms with Gasteiger partial charge in [0.05, 0.1) is 7.11 Å². The van der Waals surface area contributed by atoms with Crippen LogP contribution < -0.4 is 21.3 Å². The summed E-state index contributed by atoms with van der Waals surface area (Å²) in [6.45, 7) is 5.37. The highest BCUT2D eigenvalue weighted by atomic mass is 16.5. The van der Waals surface area contributed by atoms with E-state index in [0.29, 0.717) is 17.9 Å². The quantitative estimate of drug-likeness (QED) is 0.711. The van der Waals surface area contributed by atoms with E-state index in [1.807, 2.05) is 39.0 Å². The van der Waals surface area contributed by atoms with Gasteiger partial charge in [0.1, 0.15) is 17.7 Å². The van der Waals surface area contributed by atoms with Crippen molar-refractivity contribution in [1.29, 1.82) is 0 Å². The third kappa shape index (κ3) is 3.78. The third-order valence-electron chi connectivity index (χ3n) is 4.77. The number of benzene rings is 1. The largest absolute Gasteiger partial charge is 0.495 e. The molecule has 1 aromatic carbocycles. The number of ether oxygens (including phenoxy) is 1. The summed E-state index contributed by atoms with van der Waals surface area (Å²) in [5, 5.41) is 2.94. The van der Waals surface area contributed by atoms with E-state index >= 15 is 0 Å². The molecule has 2 heterocycles. The fourth-order valence-electron chi connectivity index (χ4n) is 3.48. The van der Waals surface area contributed by atoms with E-state index in [4.69, 9.17) is 4.74 Å². The van der Waals surface area contributed by atoms with Gasteiger partial charge in [0, 0.05) is 24.5 Å². The van der Waals surface area contributed by atoms with Gasteiger partial charge >= 0.3 is 5.69 Å². The molecular formula is C21H24N4O4. The molecule has 29 heavy (non-hydrogen) atoms. The Kier molecular flexibility index (Phi) is 5.54. The van der Waals surface area contributed by atoms with Crippen molar-refractivity contribution in [3.05, 3.63) is 61.9 Å². The molecule has 1 N–H and O–H groups in total. The van der Waals surface area contributed by atoms with Crippen molar-refractivity contribution in [2.75, 3.05) is 12.4 Å². The predicted octanol–water partition coefficient (Wildman–Crippen LogP) is 1.92. The van der Waals surface area contributed by atoms with Crippen LogP contribution in [0.25, 0.3) is 11.0 Å². The van der Waals surface area contributed by atoms with Gasteiger partial charge in [0.25, 0.3) is 5.56 Å². The Morgan fingerprint density at radius 1 is 1.17 bits per heavy atom. The van der Waals surface area contributed by atoms with E-state index in [1.165, 1.54) is 18.7 Å². The second kappa shape index (κ2) is 7.90.